The number of halogens is 4. The Balaban J connectivity index is 2.21. The van der Waals surface area contributed by atoms with Gasteiger partial charge in [0.2, 0.25) is 0 Å². The fourth-order valence-corrected chi connectivity index (χ4v) is 2.58. The second-order valence-electron chi connectivity index (χ2n) is 3.83. The Morgan fingerprint density at radius 3 is 2.47 bits per heavy atom. The van der Waals surface area contributed by atoms with Gasteiger partial charge in [0.05, 0.1) is 9.30 Å². The molecule has 0 heterocycles. The molecule has 0 saturated heterocycles. The molecule has 1 aliphatic carbocycles. The standard InChI is InChI=1S/C13H10ClF2I/c14-13(8-1-4-10(15)5-2-8)9-3-6-11(16)12(17)7-9/h1-7,11-13H. The molecule has 90 valence electrons. The van der Waals surface area contributed by atoms with Crippen molar-refractivity contribution < 1.29 is 8.78 Å². The molecule has 0 amide bonds. The van der Waals surface area contributed by atoms with Gasteiger partial charge < -0.3 is 0 Å². The Morgan fingerprint density at radius 1 is 1.24 bits per heavy atom. The monoisotopic (exact) mass is 366 g/mol. The molecule has 0 N–H and O–H groups in total. The first-order valence-corrected chi connectivity index (χ1v) is 6.84. The Hall–Kier alpha value is -0.420. The topological polar surface area (TPSA) is 0 Å². The van der Waals surface area contributed by atoms with E-state index in [1.54, 1.807) is 18.2 Å². The van der Waals surface area contributed by atoms with Crippen LogP contribution in [0.4, 0.5) is 8.78 Å². The maximum absolute atomic E-state index is 13.2. The molecule has 0 saturated carbocycles. The van der Waals surface area contributed by atoms with Crippen LogP contribution in [-0.2, 0) is 0 Å². The van der Waals surface area contributed by atoms with Gasteiger partial charge in [-0.15, -0.1) is 11.6 Å². The third-order valence-electron chi connectivity index (χ3n) is 2.58. The molecule has 3 unspecified atom stereocenters. The zero-order valence-corrected chi connectivity index (χ0v) is 11.7. The first-order chi connectivity index (χ1) is 8.08. The van der Waals surface area contributed by atoms with Crippen molar-refractivity contribution in [1.82, 2.24) is 0 Å². The van der Waals surface area contributed by atoms with E-state index in [-0.39, 0.29) is 15.1 Å². The molecule has 4 heteroatoms. The van der Waals surface area contributed by atoms with Gasteiger partial charge in [-0.2, -0.15) is 0 Å². The molecule has 17 heavy (non-hydrogen) atoms. The van der Waals surface area contributed by atoms with Crippen LogP contribution in [0.5, 0.6) is 0 Å². The van der Waals surface area contributed by atoms with Gasteiger partial charge in [0.1, 0.15) is 12.0 Å². The summed E-state index contributed by atoms with van der Waals surface area (Å²) in [6, 6.07) is 6.03. The maximum atomic E-state index is 13.2. The molecule has 0 bridgehead atoms. The van der Waals surface area contributed by atoms with Gasteiger partial charge in [-0.05, 0) is 29.3 Å². The molecular weight excluding hydrogens is 356 g/mol. The van der Waals surface area contributed by atoms with E-state index in [0.717, 1.165) is 11.1 Å². The van der Waals surface area contributed by atoms with Crippen LogP contribution in [0.3, 0.4) is 0 Å². The van der Waals surface area contributed by atoms with Gasteiger partial charge in [0.25, 0.3) is 0 Å². The lowest BCUT2D eigenvalue weighted by Gasteiger charge is -2.19. The summed E-state index contributed by atoms with van der Waals surface area (Å²) in [6.07, 6.45) is 4.05. The average molecular weight is 367 g/mol. The van der Waals surface area contributed by atoms with Crippen molar-refractivity contribution in [2.75, 3.05) is 0 Å². The molecule has 3 atom stereocenters. The summed E-state index contributed by atoms with van der Waals surface area (Å²) in [7, 11) is 0. The van der Waals surface area contributed by atoms with Gasteiger partial charge in [0.15, 0.2) is 0 Å². The number of hydrogen-bond acceptors (Lipinski definition) is 0. The lowest BCUT2D eigenvalue weighted by Crippen LogP contribution is -2.15. The van der Waals surface area contributed by atoms with Crippen LogP contribution in [0.1, 0.15) is 10.9 Å². The van der Waals surface area contributed by atoms with E-state index in [0.29, 0.717) is 0 Å². The molecular formula is C13H10ClF2I. The normalized spacial score (nSPS) is 25.5. The Bertz CT molecular complexity index is 453. The summed E-state index contributed by atoms with van der Waals surface area (Å²) in [6.45, 7) is 0. The van der Waals surface area contributed by atoms with Gasteiger partial charge >= 0.3 is 0 Å². The smallest absolute Gasteiger partial charge is 0.134 e. The van der Waals surface area contributed by atoms with Crippen molar-refractivity contribution in [3.63, 3.8) is 0 Å². The average Bonchev–Trinajstić information content (AvgIpc) is 2.33. The second-order valence-corrected chi connectivity index (χ2v) is 5.70. The first kappa shape index (κ1) is 13.0. The van der Waals surface area contributed by atoms with Crippen molar-refractivity contribution >= 4 is 34.2 Å². The lowest BCUT2D eigenvalue weighted by molar-refractivity contribution is 0.413. The number of alkyl halides is 3. The summed E-state index contributed by atoms with van der Waals surface area (Å²) in [5.74, 6) is -0.290. The SMILES string of the molecule is Fc1ccc(C(Cl)C2=CC(I)C(F)C=C2)cc1. The highest BCUT2D eigenvalue weighted by molar-refractivity contribution is 14.1. The molecule has 0 spiro atoms. The summed E-state index contributed by atoms with van der Waals surface area (Å²) in [5.41, 5.74) is 1.66. The van der Waals surface area contributed by atoms with E-state index in [1.165, 1.54) is 18.2 Å². The van der Waals surface area contributed by atoms with E-state index in [9.17, 15) is 8.78 Å². The molecule has 0 fully saturated rings. The van der Waals surface area contributed by atoms with E-state index in [2.05, 4.69) is 0 Å². The molecule has 0 aromatic heterocycles. The fraction of sp³-hybridized carbons (Fsp3) is 0.231. The molecule has 0 aliphatic heterocycles. The van der Waals surface area contributed by atoms with E-state index < -0.39 is 6.17 Å². The summed E-state index contributed by atoms with van der Waals surface area (Å²) in [4.78, 5) is 0. The number of rotatable bonds is 2. The second kappa shape index (κ2) is 5.48. The molecule has 2 rings (SSSR count). The van der Waals surface area contributed by atoms with Gasteiger partial charge in [-0.25, -0.2) is 8.78 Å². The van der Waals surface area contributed by atoms with E-state index >= 15 is 0 Å². The van der Waals surface area contributed by atoms with Crippen LogP contribution in [0.2, 0.25) is 0 Å². The number of benzene rings is 1. The van der Waals surface area contributed by atoms with Crippen molar-refractivity contribution in [2.45, 2.75) is 15.5 Å². The van der Waals surface area contributed by atoms with Crippen molar-refractivity contribution in [2.24, 2.45) is 0 Å². The highest BCUT2D eigenvalue weighted by atomic mass is 127. The first-order valence-electron chi connectivity index (χ1n) is 5.15. The molecule has 0 radical (unpaired) electrons. The fourth-order valence-electron chi connectivity index (χ4n) is 1.63. The van der Waals surface area contributed by atoms with Crippen LogP contribution >= 0.6 is 34.2 Å². The van der Waals surface area contributed by atoms with Crippen LogP contribution in [0.25, 0.3) is 0 Å². The third kappa shape index (κ3) is 3.07. The number of hydrogen-bond donors (Lipinski definition) is 0. The van der Waals surface area contributed by atoms with Gasteiger partial charge in [-0.1, -0.05) is 46.9 Å². The summed E-state index contributed by atoms with van der Waals surface area (Å²) >= 11 is 8.32. The Kier molecular flexibility index (Phi) is 4.20. The third-order valence-corrected chi connectivity index (χ3v) is 4.13. The van der Waals surface area contributed by atoms with Crippen molar-refractivity contribution in [3.05, 3.63) is 59.4 Å². The van der Waals surface area contributed by atoms with Crippen LogP contribution in [0, 0.1) is 5.82 Å². The largest absolute Gasteiger partial charge is 0.241 e. The predicted molar refractivity (Wildman–Crippen MR) is 74.9 cm³/mol. The van der Waals surface area contributed by atoms with Crippen LogP contribution < -0.4 is 0 Å². The Labute approximate surface area is 117 Å². The molecule has 1 aromatic rings. The lowest BCUT2D eigenvalue weighted by atomic mass is 9.98. The highest BCUT2D eigenvalue weighted by Gasteiger charge is 2.21. The minimum absolute atomic E-state index is 0.200. The van der Waals surface area contributed by atoms with Gasteiger partial charge in [-0.3, -0.25) is 0 Å². The van der Waals surface area contributed by atoms with Crippen LogP contribution in [-0.4, -0.2) is 10.1 Å². The molecule has 1 aliphatic rings. The Morgan fingerprint density at radius 2 is 1.88 bits per heavy atom. The minimum atomic E-state index is -0.962. The predicted octanol–water partition coefficient (Wildman–Crippen LogP) is 4.74. The number of allylic oxidation sites excluding steroid dienone is 4. The quantitative estimate of drug-likeness (QED) is 0.524. The maximum Gasteiger partial charge on any atom is 0.134 e. The van der Waals surface area contributed by atoms with E-state index in [1.807, 2.05) is 28.7 Å². The minimum Gasteiger partial charge on any atom is -0.241 e. The zero-order valence-electron chi connectivity index (χ0n) is 8.79. The van der Waals surface area contributed by atoms with Gasteiger partial charge in [0, 0.05) is 0 Å². The highest BCUT2D eigenvalue weighted by Crippen LogP contribution is 2.34. The van der Waals surface area contributed by atoms with E-state index in [4.69, 9.17) is 11.6 Å². The van der Waals surface area contributed by atoms with Crippen molar-refractivity contribution in [1.29, 1.82) is 0 Å². The summed E-state index contributed by atoms with van der Waals surface area (Å²) < 4.78 is 25.8. The zero-order chi connectivity index (χ0) is 12.4. The van der Waals surface area contributed by atoms with Crippen molar-refractivity contribution in [3.8, 4) is 0 Å². The molecule has 0 nitrogen and oxygen atoms in total. The summed E-state index contributed by atoms with van der Waals surface area (Å²) in [5, 5.41) is -0.364. The molecule has 1 aromatic carbocycles. The van der Waals surface area contributed by atoms with Crippen LogP contribution in [0.15, 0.2) is 48.1 Å².